The van der Waals surface area contributed by atoms with Crippen molar-refractivity contribution in [2.45, 2.75) is 19.8 Å². The minimum atomic E-state index is -0.316. The maximum absolute atomic E-state index is 12.7. The van der Waals surface area contributed by atoms with Crippen molar-refractivity contribution in [1.29, 1.82) is 0 Å². The number of nitrogens with zero attached hydrogens (tertiary/aromatic N) is 4. The van der Waals surface area contributed by atoms with Crippen LogP contribution in [0.5, 0.6) is 0 Å². The average Bonchev–Trinajstić information content (AvgIpc) is 2.90. The highest BCUT2D eigenvalue weighted by atomic mass is 16.5. The molecule has 0 saturated carbocycles. The molecule has 3 aromatic rings. The van der Waals surface area contributed by atoms with Crippen LogP contribution < -0.4 is 16.2 Å². The van der Waals surface area contributed by atoms with Crippen LogP contribution in [0.4, 0.5) is 11.5 Å². The SMILES string of the molecule is CCCNC(=O)Cc1cccc(-c2cc(Nc3ccc(C(=O)N4CCOCC4)cn3)c(=O)n(C)n2)c1. The number of rotatable bonds is 8. The maximum atomic E-state index is 12.7. The normalized spacial score (nSPS) is 13.3. The van der Waals surface area contributed by atoms with Gasteiger partial charge < -0.3 is 20.3 Å². The molecule has 2 N–H and O–H groups in total. The minimum Gasteiger partial charge on any atom is -0.378 e. The first kappa shape index (κ1) is 25.1. The van der Waals surface area contributed by atoms with Crippen molar-refractivity contribution in [3.63, 3.8) is 0 Å². The van der Waals surface area contributed by atoms with Crippen LogP contribution in [0.2, 0.25) is 0 Å². The lowest BCUT2D eigenvalue weighted by Crippen LogP contribution is -2.40. The lowest BCUT2D eigenvalue weighted by Gasteiger charge is -2.26. The molecule has 1 fully saturated rings. The van der Waals surface area contributed by atoms with Crippen molar-refractivity contribution in [2.75, 3.05) is 38.2 Å². The van der Waals surface area contributed by atoms with Gasteiger partial charge in [-0.1, -0.05) is 25.1 Å². The number of aryl methyl sites for hydroxylation is 1. The van der Waals surface area contributed by atoms with Gasteiger partial charge in [0.1, 0.15) is 11.5 Å². The number of aromatic nitrogens is 3. The van der Waals surface area contributed by atoms with Gasteiger partial charge in [0.2, 0.25) is 5.91 Å². The maximum Gasteiger partial charge on any atom is 0.290 e. The third kappa shape index (κ3) is 6.14. The van der Waals surface area contributed by atoms with E-state index in [9.17, 15) is 14.4 Å². The molecule has 4 rings (SSSR count). The second-order valence-corrected chi connectivity index (χ2v) is 8.56. The van der Waals surface area contributed by atoms with E-state index in [0.717, 1.165) is 17.5 Å². The lowest BCUT2D eigenvalue weighted by atomic mass is 10.1. The third-order valence-corrected chi connectivity index (χ3v) is 5.79. The summed E-state index contributed by atoms with van der Waals surface area (Å²) >= 11 is 0. The van der Waals surface area contributed by atoms with E-state index in [-0.39, 0.29) is 23.8 Å². The van der Waals surface area contributed by atoms with Crippen molar-refractivity contribution in [3.05, 3.63) is 70.1 Å². The number of nitrogens with one attached hydrogen (secondary N) is 2. The fraction of sp³-hybridized carbons (Fsp3) is 0.346. The molecular weight excluding hydrogens is 460 g/mol. The molecule has 1 aromatic carbocycles. The minimum absolute atomic E-state index is 0.0357. The highest BCUT2D eigenvalue weighted by Gasteiger charge is 2.19. The zero-order valence-corrected chi connectivity index (χ0v) is 20.5. The predicted octanol–water partition coefficient (Wildman–Crippen LogP) is 2.13. The topological polar surface area (TPSA) is 118 Å². The van der Waals surface area contributed by atoms with Gasteiger partial charge in [0.05, 0.1) is 30.9 Å². The number of hydrogen-bond acceptors (Lipinski definition) is 7. The molecule has 3 heterocycles. The van der Waals surface area contributed by atoms with Gasteiger partial charge in [0, 0.05) is 38.4 Å². The number of hydrogen-bond donors (Lipinski definition) is 2. The number of benzene rings is 1. The molecule has 36 heavy (non-hydrogen) atoms. The van der Waals surface area contributed by atoms with Crippen LogP contribution in [-0.4, -0.2) is 64.3 Å². The molecule has 1 aliphatic rings. The highest BCUT2D eigenvalue weighted by molar-refractivity contribution is 5.94. The Kier molecular flexibility index (Phi) is 8.06. The smallest absolute Gasteiger partial charge is 0.290 e. The standard InChI is InChI=1S/C26H30N6O4/c1-3-9-27-24(33)15-18-5-4-6-19(14-18)21-16-22(26(35)31(2)30-21)29-23-8-7-20(17-28-23)25(34)32-10-12-36-13-11-32/h4-8,14,16-17H,3,9-13,15H2,1-2H3,(H,27,33)(H,28,29). The van der Waals surface area contributed by atoms with Gasteiger partial charge in [-0.2, -0.15) is 5.10 Å². The summed E-state index contributed by atoms with van der Waals surface area (Å²) in [4.78, 5) is 43.6. The first-order chi connectivity index (χ1) is 17.4. The van der Waals surface area contributed by atoms with Crippen LogP contribution in [0.3, 0.4) is 0 Å². The number of anilines is 2. The Labute approximate surface area is 209 Å². The summed E-state index contributed by atoms with van der Waals surface area (Å²) in [5.74, 6) is 0.304. The number of pyridine rings is 1. The van der Waals surface area contributed by atoms with Crippen molar-refractivity contribution in [2.24, 2.45) is 7.05 Å². The van der Waals surface area contributed by atoms with E-state index in [1.54, 1.807) is 30.1 Å². The molecule has 2 amide bonds. The van der Waals surface area contributed by atoms with Crippen molar-refractivity contribution in [1.82, 2.24) is 25.0 Å². The first-order valence-corrected chi connectivity index (χ1v) is 12.0. The van der Waals surface area contributed by atoms with E-state index in [4.69, 9.17) is 4.74 Å². The van der Waals surface area contributed by atoms with Gasteiger partial charge in [0.15, 0.2) is 0 Å². The van der Waals surface area contributed by atoms with Gasteiger partial charge in [-0.3, -0.25) is 14.4 Å². The first-order valence-electron chi connectivity index (χ1n) is 12.0. The molecule has 188 valence electrons. The predicted molar refractivity (Wildman–Crippen MR) is 136 cm³/mol. The van der Waals surface area contributed by atoms with Crippen LogP contribution in [0.25, 0.3) is 11.3 Å². The molecule has 0 spiro atoms. The van der Waals surface area contributed by atoms with Crippen LogP contribution >= 0.6 is 0 Å². The summed E-state index contributed by atoms with van der Waals surface area (Å²) in [6.07, 6.45) is 2.65. The molecule has 1 aliphatic heterocycles. The fourth-order valence-corrected chi connectivity index (χ4v) is 3.87. The second kappa shape index (κ2) is 11.6. The number of amides is 2. The molecule has 0 atom stereocenters. The van der Waals surface area contributed by atoms with Gasteiger partial charge in [-0.15, -0.1) is 0 Å². The van der Waals surface area contributed by atoms with Crippen LogP contribution in [0, 0.1) is 0 Å². The van der Waals surface area contributed by atoms with Crippen molar-refractivity contribution in [3.8, 4) is 11.3 Å². The number of carbonyl (C=O) groups is 2. The summed E-state index contributed by atoms with van der Waals surface area (Å²) in [5, 5.41) is 10.3. The van der Waals surface area contributed by atoms with Crippen molar-refractivity contribution >= 4 is 23.3 Å². The van der Waals surface area contributed by atoms with Gasteiger partial charge in [0.25, 0.3) is 11.5 Å². The van der Waals surface area contributed by atoms with E-state index < -0.39 is 0 Å². The molecule has 0 radical (unpaired) electrons. The summed E-state index contributed by atoms with van der Waals surface area (Å²) in [6.45, 7) is 4.82. The zero-order chi connectivity index (χ0) is 25.5. The molecule has 0 aliphatic carbocycles. The van der Waals surface area contributed by atoms with Crippen LogP contribution in [0.1, 0.15) is 29.3 Å². The Hall–Kier alpha value is -4.05. The molecular formula is C26H30N6O4. The van der Waals surface area contributed by atoms with E-state index in [0.29, 0.717) is 55.6 Å². The Morgan fingerprint density at radius 1 is 1.11 bits per heavy atom. The highest BCUT2D eigenvalue weighted by Crippen LogP contribution is 2.21. The average molecular weight is 491 g/mol. The second-order valence-electron chi connectivity index (χ2n) is 8.56. The van der Waals surface area contributed by atoms with E-state index in [1.807, 2.05) is 31.2 Å². The summed E-state index contributed by atoms with van der Waals surface area (Å²) in [5.41, 5.74) is 2.68. The molecule has 2 aromatic heterocycles. The molecule has 1 saturated heterocycles. The Morgan fingerprint density at radius 3 is 2.64 bits per heavy atom. The van der Waals surface area contributed by atoms with Gasteiger partial charge in [-0.05, 0) is 36.2 Å². The Bertz CT molecular complexity index is 1280. The Morgan fingerprint density at radius 2 is 1.92 bits per heavy atom. The molecule has 0 bridgehead atoms. The number of carbonyl (C=O) groups excluding carboxylic acids is 2. The van der Waals surface area contributed by atoms with E-state index in [1.165, 1.54) is 10.9 Å². The van der Waals surface area contributed by atoms with Crippen molar-refractivity contribution < 1.29 is 14.3 Å². The number of morpholine rings is 1. The summed E-state index contributed by atoms with van der Waals surface area (Å²) in [7, 11) is 1.58. The third-order valence-electron chi connectivity index (χ3n) is 5.79. The van der Waals surface area contributed by atoms with Crippen LogP contribution in [0.15, 0.2) is 53.5 Å². The quantitative estimate of drug-likeness (QED) is 0.497. The molecule has 0 unspecified atom stereocenters. The fourth-order valence-electron chi connectivity index (χ4n) is 3.87. The lowest BCUT2D eigenvalue weighted by molar-refractivity contribution is -0.120. The summed E-state index contributed by atoms with van der Waals surface area (Å²) in [6, 6.07) is 12.5. The van der Waals surface area contributed by atoms with Gasteiger partial charge >= 0.3 is 0 Å². The number of ether oxygens (including phenoxy) is 1. The van der Waals surface area contributed by atoms with Gasteiger partial charge in [-0.25, -0.2) is 9.67 Å². The molecule has 10 nitrogen and oxygen atoms in total. The largest absolute Gasteiger partial charge is 0.378 e. The Balaban J connectivity index is 1.51. The summed E-state index contributed by atoms with van der Waals surface area (Å²) < 4.78 is 6.56. The van der Waals surface area contributed by atoms with E-state index in [2.05, 4.69) is 20.7 Å². The van der Waals surface area contributed by atoms with E-state index >= 15 is 0 Å². The monoisotopic (exact) mass is 490 g/mol. The molecule has 10 heteroatoms. The van der Waals surface area contributed by atoms with Crippen LogP contribution in [-0.2, 0) is 23.0 Å². The zero-order valence-electron chi connectivity index (χ0n) is 20.5.